The maximum absolute atomic E-state index is 12.4. The van der Waals surface area contributed by atoms with Gasteiger partial charge in [-0.25, -0.2) is 0 Å². The van der Waals surface area contributed by atoms with E-state index >= 15 is 0 Å². The molecule has 2 rings (SSSR count). The van der Waals surface area contributed by atoms with Crippen molar-refractivity contribution in [3.05, 3.63) is 24.3 Å². The predicted molar refractivity (Wildman–Crippen MR) is 90.4 cm³/mol. The fourth-order valence-corrected chi connectivity index (χ4v) is 2.29. The zero-order valence-electron chi connectivity index (χ0n) is 14.3. The lowest BCUT2D eigenvalue weighted by Gasteiger charge is -2.17. The van der Waals surface area contributed by atoms with Crippen LogP contribution in [-0.2, 0) is 9.59 Å². The molecular formula is C18H26N2O3. The van der Waals surface area contributed by atoms with Crippen LogP contribution in [0, 0.1) is 11.3 Å². The van der Waals surface area contributed by atoms with Crippen molar-refractivity contribution in [2.75, 3.05) is 11.9 Å². The van der Waals surface area contributed by atoms with Crippen LogP contribution in [0.5, 0.6) is 5.75 Å². The quantitative estimate of drug-likeness (QED) is 0.760. The van der Waals surface area contributed by atoms with Gasteiger partial charge >= 0.3 is 0 Å². The molecule has 0 aliphatic heterocycles. The molecule has 0 aromatic heterocycles. The van der Waals surface area contributed by atoms with Gasteiger partial charge in [-0.05, 0) is 56.9 Å². The van der Waals surface area contributed by atoms with Gasteiger partial charge in [-0.1, -0.05) is 13.8 Å². The maximum atomic E-state index is 12.4. The zero-order valence-corrected chi connectivity index (χ0v) is 14.3. The van der Waals surface area contributed by atoms with Gasteiger partial charge in [0.25, 0.3) is 0 Å². The number of carbonyl (C=O) groups excluding carboxylic acids is 2. The highest BCUT2D eigenvalue weighted by atomic mass is 16.5. The molecule has 1 aliphatic carbocycles. The van der Waals surface area contributed by atoms with E-state index < -0.39 is 5.41 Å². The van der Waals surface area contributed by atoms with Crippen LogP contribution in [0.4, 0.5) is 5.69 Å². The number of anilines is 1. The molecule has 1 saturated carbocycles. The molecule has 126 valence electrons. The Labute approximate surface area is 137 Å². The van der Waals surface area contributed by atoms with E-state index in [1.165, 1.54) is 0 Å². The smallest absolute Gasteiger partial charge is 0.240 e. The number of hydrogen-bond donors (Lipinski definition) is 2. The van der Waals surface area contributed by atoms with Gasteiger partial charge in [0.05, 0.1) is 6.10 Å². The Bertz CT molecular complexity index is 560. The minimum absolute atomic E-state index is 0.106. The van der Waals surface area contributed by atoms with E-state index in [1.807, 2.05) is 39.8 Å². The molecule has 0 spiro atoms. The molecule has 5 nitrogen and oxygen atoms in total. The summed E-state index contributed by atoms with van der Waals surface area (Å²) in [5.41, 5.74) is -0.212. The van der Waals surface area contributed by atoms with Gasteiger partial charge in [-0.2, -0.15) is 0 Å². The average Bonchev–Trinajstić information content (AvgIpc) is 3.28. The van der Waals surface area contributed by atoms with Crippen LogP contribution in [0.15, 0.2) is 24.3 Å². The molecule has 1 aliphatic rings. The minimum atomic E-state index is -0.887. The van der Waals surface area contributed by atoms with E-state index in [9.17, 15) is 9.59 Å². The van der Waals surface area contributed by atoms with Crippen molar-refractivity contribution >= 4 is 17.5 Å². The van der Waals surface area contributed by atoms with E-state index in [1.54, 1.807) is 12.1 Å². The number of benzene rings is 1. The molecular weight excluding hydrogens is 292 g/mol. The van der Waals surface area contributed by atoms with Crippen molar-refractivity contribution in [3.8, 4) is 5.75 Å². The van der Waals surface area contributed by atoms with Crippen molar-refractivity contribution in [1.29, 1.82) is 0 Å². The first-order valence-electron chi connectivity index (χ1n) is 8.20. The molecule has 1 fully saturated rings. The van der Waals surface area contributed by atoms with E-state index in [0.717, 1.165) is 5.75 Å². The second-order valence-electron chi connectivity index (χ2n) is 6.83. The molecule has 1 aromatic rings. The van der Waals surface area contributed by atoms with Crippen molar-refractivity contribution in [1.82, 2.24) is 5.32 Å². The molecule has 23 heavy (non-hydrogen) atoms. The second-order valence-corrected chi connectivity index (χ2v) is 6.83. The van der Waals surface area contributed by atoms with Crippen LogP contribution in [0.1, 0.15) is 40.5 Å². The third kappa shape index (κ3) is 4.47. The molecule has 2 amide bonds. The lowest BCUT2D eigenvalue weighted by molar-refractivity contribution is -0.134. The molecule has 0 radical (unpaired) electrons. The van der Waals surface area contributed by atoms with Crippen molar-refractivity contribution in [3.63, 3.8) is 0 Å². The molecule has 0 atom stereocenters. The molecule has 0 saturated heterocycles. The normalized spacial score (nSPS) is 15.4. The zero-order chi connectivity index (χ0) is 17.0. The topological polar surface area (TPSA) is 67.4 Å². The van der Waals surface area contributed by atoms with Crippen LogP contribution in [-0.4, -0.2) is 24.5 Å². The van der Waals surface area contributed by atoms with Crippen LogP contribution in [0.2, 0.25) is 0 Å². The Hall–Kier alpha value is -2.04. The number of rotatable bonds is 7. The van der Waals surface area contributed by atoms with Gasteiger partial charge in [-0.3, -0.25) is 9.59 Å². The van der Waals surface area contributed by atoms with Gasteiger partial charge in [0.2, 0.25) is 11.8 Å². The van der Waals surface area contributed by atoms with E-state index in [4.69, 9.17) is 4.74 Å². The monoisotopic (exact) mass is 318 g/mol. The van der Waals surface area contributed by atoms with E-state index in [0.29, 0.717) is 31.0 Å². The van der Waals surface area contributed by atoms with Crippen molar-refractivity contribution in [2.45, 2.75) is 46.6 Å². The van der Waals surface area contributed by atoms with Crippen molar-refractivity contribution in [2.24, 2.45) is 11.3 Å². The first-order valence-corrected chi connectivity index (χ1v) is 8.20. The van der Waals surface area contributed by atoms with Crippen LogP contribution < -0.4 is 15.4 Å². The van der Waals surface area contributed by atoms with Crippen LogP contribution in [0.25, 0.3) is 0 Å². The number of carbonyl (C=O) groups is 2. The Kier molecular flexibility index (Phi) is 5.29. The molecule has 0 heterocycles. The first-order chi connectivity index (χ1) is 10.8. The second kappa shape index (κ2) is 7.02. The van der Waals surface area contributed by atoms with E-state index in [2.05, 4.69) is 10.6 Å². The van der Waals surface area contributed by atoms with Gasteiger partial charge in [0.1, 0.15) is 11.2 Å². The minimum Gasteiger partial charge on any atom is -0.491 e. The highest BCUT2D eigenvalue weighted by molar-refractivity contribution is 6.13. The number of amides is 2. The lowest BCUT2D eigenvalue weighted by atomic mass is 10.0. The third-order valence-electron chi connectivity index (χ3n) is 3.77. The molecule has 5 heteroatoms. The Morgan fingerprint density at radius 3 is 2.17 bits per heavy atom. The number of hydrogen-bond acceptors (Lipinski definition) is 3. The average molecular weight is 318 g/mol. The predicted octanol–water partition coefficient (Wildman–Crippen LogP) is 2.96. The summed E-state index contributed by atoms with van der Waals surface area (Å²) in [6.45, 7) is 8.57. The van der Waals surface area contributed by atoms with E-state index in [-0.39, 0.29) is 17.9 Å². The molecule has 0 unspecified atom stereocenters. The lowest BCUT2D eigenvalue weighted by Crippen LogP contribution is -2.41. The third-order valence-corrected chi connectivity index (χ3v) is 3.77. The SMILES string of the molecule is CC(C)CNC(=O)C1(C(=O)Nc2ccc(OC(C)C)cc2)CC1. The number of ether oxygens (including phenoxy) is 1. The summed E-state index contributed by atoms with van der Waals surface area (Å²) in [5.74, 6) is 0.736. The van der Waals surface area contributed by atoms with Crippen molar-refractivity contribution < 1.29 is 14.3 Å². The summed E-state index contributed by atoms with van der Waals surface area (Å²) >= 11 is 0. The van der Waals surface area contributed by atoms with Gasteiger partial charge in [0, 0.05) is 12.2 Å². The van der Waals surface area contributed by atoms with Gasteiger partial charge < -0.3 is 15.4 Å². The number of nitrogens with one attached hydrogen (secondary N) is 2. The summed E-state index contributed by atoms with van der Waals surface area (Å²) in [7, 11) is 0. The summed E-state index contributed by atoms with van der Waals surface area (Å²) in [6, 6.07) is 7.21. The summed E-state index contributed by atoms with van der Waals surface area (Å²) in [6.07, 6.45) is 1.32. The molecule has 0 bridgehead atoms. The summed E-state index contributed by atoms with van der Waals surface area (Å²) in [5, 5.41) is 5.70. The Morgan fingerprint density at radius 1 is 1.09 bits per heavy atom. The largest absolute Gasteiger partial charge is 0.491 e. The van der Waals surface area contributed by atoms with Crippen LogP contribution in [0.3, 0.4) is 0 Å². The standard InChI is InChI=1S/C18H26N2O3/c1-12(2)11-19-16(21)18(9-10-18)17(22)20-14-5-7-15(8-6-14)23-13(3)4/h5-8,12-13H,9-11H2,1-4H3,(H,19,21)(H,20,22). The molecule has 2 N–H and O–H groups in total. The van der Waals surface area contributed by atoms with Crippen LogP contribution >= 0.6 is 0 Å². The van der Waals surface area contributed by atoms with Gasteiger partial charge in [-0.15, -0.1) is 0 Å². The fraction of sp³-hybridized carbons (Fsp3) is 0.556. The summed E-state index contributed by atoms with van der Waals surface area (Å²) in [4.78, 5) is 24.7. The Balaban J connectivity index is 1.94. The first kappa shape index (κ1) is 17.3. The highest BCUT2D eigenvalue weighted by Gasteiger charge is 2.56. The fourth-order valence-electron chi connectivity index (χ4n) is 2.29. The molecule has 1 aromatic carbocycles. The van der Waals surface area contributed by atoms with Gasteiger partial charge in [0.15, 0.2) is 0 Å². The maximum Gasteiger partial charge on any atom is 0.240 e. The highest BCUT2D eigenvalue weighted by Crippen LogP contribution is 2.46. The Morgan fingerprint density at radius 2 is 1.70 bits per heavy atom. The summed E-state index contributed by atoms with van der Waals surface area (Å²) < 4.78 is 5.57.